The molecule has 21 heavy (non-hydrogen) atoms. The zero-order valence-corrected chi connectivity index (χ0v) is 12.0. The zero-order chi connectivity index (χ0) is 16.0. The molecule has 1 heterocycles. The molecule has 7 heteroatoms. The standard InChI is InChI=1S/C14H21N3O4/c1-3-4-5-6-11(13(15)20)16-14(21)12-7-10(19)8-17(12)9(2)18/h1,10-12,19H,4-8H2,2H3,(H2,15,20)(H,16,21)/t10-,11+,12+/m1/s1. The lowest BCUT2D eigenvalue weighted by molar-refractivity contribution is -0.138. The van der Waals surface area contributed by atoms with Crippen molar-refractivity contribution in [3.8, 4) is 12.3 Å². The highest BCUT2D eigenvalue weighted by Gasteiger charge is 2.38. The number of primary amides is 1. The van der Waals surface area contributed by atoms with Crippen LogP contribution in [0, 0.1) is 12.3 Å². The van der Waals surface area contributed by atoms with E-state index in [2.05, 4.69) is 11.2 Å². The first kappa shape index (κ1) is 17.0. The van der Waals surface area contributed by atoms with Gasteiger partial charge in [-0.25, -0.2) is 0 Å². The van der Waals surface area contributed by atoms with Crippen molar-refractivity contribution >= 4 is 17.7 Å². The number of carbonyl (C=O) groups excluding carboxylic acids is 3. The molecule has 4 N–H and O–H groups in total. The van der Waals surface area contributed by atoms with Gasteiger partial charge in [0, 0.05) is 26.3 Å². The van der Waals surface area contributed by atoms with Gasteiger partial charge in [0.15, 0.2) is 0 Å². The highest BCUT2D eigenvalue weighted by molar-refractivity contribution is 5.91. The maximum Gasteiger partial charge on any atom is 0.243 e. The van der Waals surface area contributed by atoms with E-state index in [1.807, 2.05) is 0 Å². The fourth-order valence-corrected chi connectivity index (χ4v) is 2.37. The van der Waals surface area contributed by atoms with E-state index in [0.29, 0.717) is 19.3 Å². The molecule has 1 aliphatic rings. The highest BCUT2D eigenvalue weighted by Crippen LogP contribution is 2.18. The maximum atomic E-state index is 12.2. The number of aliphatic hydroxyl groups excluding tert-OH is 1. The van der Waals surface area contributed by atoms with Gasteiger partial charge < -0.3 is 21.1 Å². The number of unbranched alkanes of at least 4 members (excludes halogenated alkanes) is 1. The third-order valence-corrected chi connectivity index (χ3v) is 3.46. The number of β-amino-alcohol motifs (C(OH)–C–C–N with tert-alkyl or cyclic N) is 1. The lowest BCUT2D eigenvalue weighted by Gasteiger charge is -2.24. The minimum absolute atomic E-state index is 0.117. The molecular weight excluding hydrogens is 274 g/mol. The van der Waals surface area contributed by atoms with Crippen LogP contribution in [-0.2, 0) is 14.4 Å². The molecule has 7 nitrogen and oxygen atoms in total. The van der Waals surface area contributed by atoms with Gasteiger partial charge in [-0.1, -0.05) is 0 Å². The molecule has 1 rings (SSSR count). The summed E-state index contributed by atoms with van der Waals surface area (Å²) in [7, 11) is 0. The van der Waals surface area contributed by atoms with Crippen LogP contribution in [0.2, 0.25) is 0 Å². The first-order valence-corrected chi connectivity index (χ1v) is 6.85. The number of rotatable bonds is 6. The Hall–Kier alpha value is -2.07. The van der Waals surface area contributed by atoms with Crippen molar-refractivity contribution in [2.45, 2.75) is 50.8 Å². The van der Waals surface area contributed by atoms with Crippen LogP contribution in [0.1, 0.15) is 32.6 Å². The average molecular weight is 295 g/mol. The number of nitrogens with one attached hydrogen (secondary N) is 1. The Morgan fingerprint density at radius 1 is 1.52 bits per heavy atom. The highest BCUT2D eigenvalue weighted by atomic mass is 16.3. The van der Waals surface area contributed by atoms with Crippen molar-refractivity contribution < 1.29 is 19.5 Å². The lowest BCUT2D eigenvalue weighted by Crippen LogP contribution is -2.51. The van der Waals surface area contributed by atoms with Crippen LogP contribution in [-0.4, -0.2) is 52.5 Å². The number of hydrogen-bond donors (Lipinski definition) is 3. The Labute approximate surface area is 123 Å². The largest absolute Gasteiger partial charge is 0.391 e. The molecule has 0 unspecified atom stereocenters. The number of hydrogen-bond acceptors (Lipinski definition) is 4. The first-order chi connectivity index (χ1) is 9.86. The normalized spacial score (nSPS) is 22.4. The van der Waals surface area contributed by atoms with Gasteiger partial charge in [0.2, 0.25) is 17.7 Å². The number of carbonyl (C=O) groups is 3. The fourth-order valence-electron chi connectivity index (χ4n) is 2.37. The van der Waals surface area contributed by atoms with E-state index >= 15 is 0 Å². The monoisotopic (exact) mass is 295 g/mol. The summed E-state index contributed by atoms with van der Waals surface area (Å²) in [5.74, 6) is 1.03. The second-order valence-corrected chi connectivity index (χ2v) is 5.14. The third-order valence-electron chi connectivity index (χ3n) is 3.46. The number of aliphatic hydroxyl groups is 1. The Morgan fingerprint density at radius 3 is 2.71 bits per heavy atom. The summed E-state index contributed by atoms with van der Waals surface area (Å²) in [5, 5.41) is 12.1. The zero-order valence-electron chi connectivity index (χ0n) is 12.0. The molecule has 0 bridgehead atoms. The van der Waals surface area contributed by atoms with E-state index in [1.165, 1.54) is 11.8 Å². The molecule has 3 atom stereocenters. The van der Waals surface area contributed by atoms with Crippen molar-refractivity contribution in [1.29, 1.82) is 0 Å². The van der Waals surface area contributed by atoms with Crippen molar-refractivity contribution in [3.63, 3.8) is 0 Å². The van der Waals surface area contributed by atoms with E-state index < -0.39 is 30.0 Å². The fraction of sp³-hybridized carbons (Fsp3) is 0.643. The van der Waals surface area contributed by atoms with Crippen LogP contribution in [0.25, 0.3) is 0 Å². The number of nitrogens with two attached hydrogens (primary N) is 1. The van der Waals surface area contributed by atoms with Gasteiger partial charge in [0.25, 0.3) is 0 Å². The molecule has 0 aromatic rings. The van der Waals surface area contributed by atoms with Crippen molar-refractivity contribution in [2.24, 2.45) is 5.73 Å². The Kier molecular flexibility index (Phi) is 6.18. The molecule has 0 aliphatic carbocycles. The summed E-state index contributed by atoms with van der Waals surface area (Å²) in [4.78, 5) is 36.3. The second-order valence-electron chi connectivity index (χ2n) is 5.14. The molecule has 3 amide bonds. The average Bonchev–Trinajstić information content (AvgIpc) is 2.80. The van der Waals surface area contributed by atoms with Gasteiger partial charge in [-0.05, 0) is 12.8 Å². The maximum absolute atomic E-state index is 12.2. The molecule has 0 aromatic heterocycles. The lowest BCUT2D eigenvalue weighted by atomic mass is 10.1. The van der Waals surface area contributed by atoms with Crippen molar-refractivity contribution in [1.82, 2.24) is 10.2 Å². The van der Waals surface area contributed by atoms with Gasteiger partial charge in [-0.2, -0.15) is 0 Å². The SMILES string of the molecule is C#CCCC[C@H](NC(=O)[C@@H]1C[C@@H](O)CN1C(C)=O)C(N)=O. The molecule has 0 radical (unpaired) electrons. The summed E-state index contributed by atoms with van der Waals surface area (Å²) in [5.41, 5.74) is 5.25. The van der Waals surface area contributed by atoms with Gasteiger partial charge in [0.1, 0.15) is 12.1 Å². The predicted molar refractivity (Wildman–Crippen MR) is 75.6 cm³/mol. The Morgan fingerprint density at radius 2 is 2.19 bits per heavy atom. The topological polar surface area (TPSA) is 113 Å². The van der Waals surface area contributed by atoms with Gasteiger partial charge in [-0.15, -0.1) is 12.3 Å². The molecular formula is C14H21N3O4. The third kappa shape index (κ3) is 4.76. The predicted octanol–water partition coefficient (Wildman–Crippen LogP) is -1.26. The first-order valence-electron chi connectivity index (χ1n) is 6.85. The van der Waals surface area contributed by atoms with Crippen LogP contribution >= 0.6 is 0 Å². The van der Waals surface area contributed by atoms with E-state index in [1.54, 1.807) is 0 Å². The Bertz CT molecular complexity index is 458. The van der Waals surface area contributed by atoms with Crippen LogP contribution < -0.4 is 11.1 Å². The molecule has 0 saturated carbocycles. The van der Waals surface area contributed by atoms with Gasteiger partial charge >= 0.3 is 0 Å². The summed E-state index contributed by atoms with van der Waals surface area (Å²) >= 11 is 0. The van der Waals surface area contributed by atoms with Crippen molar-refractivity contribution in [2.75, 3.05) is 6.54 Å². The minimum Gasteiger partial charge on any atom is -0.391 e. The van der Waals surface area contributed by atoms with E-state index in [0.717, 1.165) is 0 Å². The van der Waals surface area contributed by atoms with Crippen LogP contribution in [0.15, 0.2) is 0 Å². The molecule has 1 saturated heterocycles. The second kappa shape index (κ2) is 7.64. The van der Waals surface area contributed by atoms with Gasteiger partial charge in [-0.3, -0.25) is 14.4 Å². The summed E-state index contributed by atoms with van der Waals surface area (Å²) < 4.78 is 0. The Balaban J connectivity index is 2.66. The molecule has 1 aliphatic heterocycles. The summed E-state index contributed by atoms with van der Waals surface area (Å²) in [6.45, 7) is 1.45. The van der Waals surface area contributed by atoms with Gasteiger partial charge in [0.05, 0.1) is 6.10 Å². The van der Waals surface area contributed by atoms with Crippen LogP contribution in [0.4, 0.5) is 0 Å². The molecule has 0 spiro atoms. The summed E-state index contributed by atoms with van der Waals surface area (Å²) in [6.07, 6.45) is 5.95. The number of nitrogens with zero attached hydrogens (tertiary/aromatic N) is 1. The van der Waals surface area contributed by atoms with Crippen LogP contribution in [0.3, 0.4) is 0 Å². The minimum atomic E-state index is -0.822. The van der Waals surface area contributed by atoms with Crippen molar-refractivity contribution in [3.05, 3.63) is 0 Å². The number of likely N-dealkylation sites (tertiary alicyclic amines) is 1. The molecule has 0 aromatic carbocycles. The number of terminal acetylenes is 1. The van der Waals surface area contributed by atoms with E-state index in [-0.39, 0.29) is 18.9 Å². The van der Waals surface area contributed by atoms with E-state index in [9.17, 15) is 19.5 Å². The summed E-state index contributed by atoms with van der Waals surface area (Å²) in [6, 6.07) is -1.59. The number of amides is 3. The van der Waals surface area contributed by atoms with Crippen LogP contribution in [0.5, 0.6) is 0 Å². The molecule has 116 valence electrons. The molecule has 1 fully saturated rings. The van der Waals surface area contributed by atoms with E-state index in [4.69, 9.17) is 12.2 Å². The quantitative estimate of drug-likeness (QED) is 0.419. The smallest absolute Gasteiger partial charge is 0.243 e.